The van der Waals surface area contributed by atoms with Gasteiger partial charge < -0.3 is 31.4 Å². The number of carboxylic acids is 1. The minimum Gasteiger partial charge on any atom is -0.480 e. The predicted octanol–water partition coefficient (Wildman–Crippen LogP) is 2.37. The number of benzene rings is 2. The zero-order chi connectivity index (χ0) is 26.2. The number of nitrogens with zero attached hydrogens (tertiary/aromatic N) is 1. The number of nitrogens with two attached hydrogens (primary N) is 2. The van der Waals surface area contributed by atoms with E-state index >= 15 is 0 Å². The molecule has 2 rings (SSSR count). The lowest BCUT2D eigenvalue weighted by molar-refractivity contribution is -0.139. The summed E-state index contributed by atoms with van der Waals surface area (Å²) in [6, 6.07) is 11.6. The lowest BCUT2D eigenvalue weighted by Crippen LogP contribution is -2.44. The average molecular weight is 485 g/mol. The first-order chi connectivity index (χ1) is 16.3. The lowest BCUT2D eigenvalue weighted by atomic mass is 10.1. The van der Waals surface area contributed by atoms with Crippen molar-refractivity contribution in [3.63, 3.8) is 0 Å². The maximum atomic E-state index is 12.5. The highest BCUT2D eigenvalue weighted by molar-refractivity contribution is 6.10. The van der Waals surface area contributed by atoms with Crippen LogP contribution in [0.4, 0.5) is 4.79 Å². The van der Waals surface area contributed by atoms with E-state index in [2.05, 4.69) is 10.3 Å². The number of para-hydroxylation sites is 1. The first-order valence-electron chi connectivity index (χ1n) is 10.6. The number of guanidine groups is 1. The number of ketones is 1. The summed E-state index contributed by atoms with van der Waals surface area (Å²) in [5, 5.41) is 11.8. The molecule has 0 fully saturated rings. The minimum atomic E-state index is -1.21. The molecule has 0 aliphatic heterocycles. The number of carboxylic acid groups (broad SMARTS) is 1. The van der Waals surface area contributed by atoms with E-state index in [0.717, 1.165) is 0 Å². The molecule has 1 atom stereocenters. The summed E-state index contributed by atoms with van der Waals surface area (Å²) < 4.78 is 10.9. The second-order valence-corrected chi connectivity index (χ2v) is 8.51. The predicted molar refractivity (Wildman–Crippen MR) is 127 cm³/mol. The van der Waals surface area contributed by atoms with E-state index in [-0.39, 0.29) is 17.7 Å². The maximum Gasteiger partial charge on any atom is 0.408 e. The zero-order valence-corrected chi connectivity index (χ0v) is 19.6. The molecule has 0 saturated carbocycles. The third-order valence-corrected chi connectivity index (χ3v) is 4.33. The molecule has 11 heteroatoms. The van der Waals surface area contributed by atoms with Crippen LogP contribution in [0.2, 0.25) is 0 Å². The molecule has 0 radical (unpaired) electrons. The molecule has 35 heavy (non-hydrogen) atoms. The number of aliphatic imine (C=N–C) groups is 1. The van der Waals surface area contributed by atoms with E-state index < -0.39 is 47.8 Å². The Morgan fingerprint density at radius 3 is 2.23 bits per heavy atom. The monoisotopic (exact) mass is 484 g/mol. The summed E-state index contributed by atoms with van der Waals surface area (Å²) in [5.41, 5.74) is 10.3. The second kappa shape index (κ2) is 11.6. The Hall–Kier alpha value is -4.41. The molecule has 0 bridgehead atoms. The van der Waals surface area contributed by atoms with Crippen molar-refractivity contribution >= 4 is 29.7 Å². The summed E-state index contributed by atoms with van der Waals surface area (Å²) in [5.74, 6) is -2.35. The Morgan fingerprint density at radius 2 is 1.66 bits per heavy atom. The van der Waals surface area contributed by atoms with Gasteiger partial charge in [-0.1, -0.05) is 24.3 Å². The number of aliphatic carboxylic acids is 1. The summed E-state index contributed by atoms with van der Waals surface area (Å²) in [6.45, 7) is 5.03. The highest BCUT2D eigenvalue weighted by Crippen LogP contribution is 2.27. The minimum absolute atomic E-state index is 0.0107. The number of hydrogen-bond acceptors (Lipinski definition) is 6. The van der Waals surface area contributed by atoms with Gasteiger partial charge in [-0.25, -0.2) is 9.59 Å². The van der Waals surface area contributed by atoms with Crippen molar-refractivity contribution in [1.82, 2.24) is 5.32 Å². The number of nitrogens with one attached hydrogen (secondary N) is 1. The van der Waals surface area contributed by atoms with Crippen molar-refractivity contribution in [3.8, 4) is 11.5 Å². The summed E-state index contributed by atoms with van der Waals surface area (Å²) in [4.78, 5) is 51.1. The molecule has 2 amide bonds. The third-order valence-electron chi connectivity index (χ3n) is 4.33. The van der Waals surface area contributed by atoms with E-state index in [1.165, 1.54) is 6.07 Å². The first-order valence-corrected chi connectivity index (χ1v) is 10.6. The van der Waals surface area contributed by atoms with Gasteiger partial charge in [-0.05, 0) is 50.6 Å². The number of carbonyl (C=O) groups is 4. The fourth-order valence-electron chi connectivity index (χ4n) is 2.91. The van der Waals surface area contributed by atoms with Gasteiger partial charge in [0.2, 0.25) is 0 Å². The normalized spacial score (nSPS) is 11.6. The van der Waals surface area contributed by atoms with Crippen LogP contribution in [-0.4, -0.2) is 46.5 Å². The average Bonchev–Trinajstić information content (AvgIpc) is 2.73. The van der Waals surface area contributed by atoms with Gasteiger partial charge in [0, 0.05) is 6.42 Å². The van der Waals surface area contributed by atoms with Crippen LogP contribution >= 0.6 is 0 Å². The van der Waals surface area contributed by atoms with Gasteiger partial charge >= 0.3 is 12.1 Å². The largest absolute Gasteiger partial charge is 0.480 e. The molecule has 0 heterocycles. The van der Waals surface area contributed by atoms with E-state index in [1.807, 2.05) is 0 Å². The van der Waals surface area contributed by atoms with Crippen molar-refractivity contribution in [2.24, 2.45) is 16.5 Å². The van der Waals surface area contributed by atoms with Crippen LogP contribution < -0.4 is 21.5 Å². The van der Waals surface area contributed by atoms with Crippen LogP contribution in [0.1, 0.15) is 43.1 Å². The van der Waals surface area contributed by atoms with Gasteiger partial charge in [0.15, 0.2) is 11.7 Å². The number of carbonyl (C=O) groups excluding carboxylic acids is 3. The van der Waals surface area contributed by atoms with Crippen LogP contribution in [0.3, 0.4) is 0 Å². The molecule has 0 aliphatic rings. The SMILES string of the molecule is CC(C)(C)OC(=O)NC(Cc1ccc(Oc2ccccc2C(=O)CC(=O)N=C(N)N)cc1)C(=O)O. The molecule has 6 N–H and O–H groups in total. The van der Waals surface area contributed by atoms with Crippen LogP contribution in [0.15, 0.2) is 53.5 Å². The Morgan fingerprint density at radius 1 is 1.03 bits per heavy atom. The fraction of sp³-hybridized carbons (Fsp3) is 0.292. The van der Waals surface area contributed by atoms with E-state index in [4.69, 9.17) is 20.9 Å². The molecule has 11 nitrogen and oxygen atoms in total. The number of amides is 2. The van der Waals surface area contributed by atoms with E-state index in [9.17, 15) is 24.3 Å². The van der Waals surface area contributed by atoms with Crippen molar-refractivity contribution in [2.75, 3.05) is 0 Å². The smallest absolute Gasteiger partial charge is 0.408 e. The molecule has 0 saturated heterocycles. The lowest BCUT2D eigenvalue weighted by Gasteiger charge is -2.22. The Bertz CT molecular complexity index is 1120. The Labute approximate surface area is 202 Å². The number of ether oxygens (including phenoxy) is 2. The molecule has 2 aromatic carbocycles. The number of Topliss-reactive ketones (excluding diaryl/α,β-unsaturated/α-hetero) is 1. The highest BCUT2D eigenvalue weighted by Gasteiger charge is 2.24. The van der Waals surface area contributed by atoms with Gasteiger partial charge in [0.05, 0.1) is 12.0 Å². The Balaban J connectivity index is 2.09. The van der Waals surface area contributed by atoms with Crippen molar-refractivity contribution < 1.29 is 33.8 Å². The van der Waals surface area contributed by atoms with Gasteiger partial charge in [0.25, 0.3) is 5.91 Å². The summed E-state index contributed by atoms with van der Waals surface area (Å²) in [6.07, 6.45) is -1.35. The second-order valence-electron chi connectivity index (χ2n) is 8.51. The topological polar surface area (TPSA) is 183 Å². The van der Waals surface area contributed by atoms with Gasteiger partial charge in [-0.15, -0.1) is 0 Å². The number of rotatable bonds is 9. The van der Waals surface area contributed by atoms with Crippen LogP contribution in [-0.2, 0) is 20.7 Å². The molecule has 2 aromatic rings. The molecule has 0 aliphatic carbocycles. The van der Waals surface area contributed by atoms with Gasteiger partial charge in [0.1, 0.15) is 23.1 Å². The molecule has 0 spiro atoms. The molecular formula is C24H28N4O7. The van der Waals surface area contributed by atoms with Crippen LogP contribution in [0, 0.1) is 0 Å². The molecular weight excluding hydrogens is 456 g/mol. The van der Waals surface area contributed by atoms with Crippen molar-refractivity contribution in [2.45, 2.75) is 45.3 Å². The quantitative estimate of drug-likeness (QED) is 0.179. The number of hydrogen-bond donors (Lipinski definition) is 4. The van der Waals surface area contributed by atoms with Crippen LogP contribution in [0.25, 0.3) is 0 Å². The first kappa shape index (κ1) is 26.8. The zero-order valence-electron chi connectivity index (χ0n) is 19.6. The van der Waals surface area contributed by atoms with Gasteiger partial charge in [-0.2, -0.15) is 4.99 Å². The van der Waals surface area contributed by atoms with Crippen molar-refractivity contribution in [1.29, 1.82) is 0 Å². The van der Waals surface area contributed by atoms with E-state index in [0.29, 0.717) is 11.3 Å². The molecule has 186 valence electrons. The fourth-order valence-corrected chi connectivity index (χ4v) is 2.91. The van der Waals surface area contributed by atoms with E-state index in [1.54, 1.807) is 63.2 Å². The Kier molecular flexibility index (Phi) is 8.92. The summed E-state index contributed by atoms with van der Waals surface area (Å²) >= 11 is 0. The standard InChI is InChI=1S/C24H28N4O7/c1-24(2,3)35-23(33)27-17(21(31)32)12-14-8-10-15(11-9-14)34-19-7-5-4-6-16(19)18(29)13-20(30)28-22(25)26/h4-11,17H,12-13H2,1-3H3,(H,27,33)(H,31,32)(H4,25,26,28,30). The number of alkyl carbamates (subject to hydrolysis) is 1. The maximum absolute atomic E-state index is 12.5. The highest BCUT2D eigenvalue weighted by atomic mass is 16.6. The third kappa shape index (κ3) is 9.16. The van der Waals surface area contributed by atoms with Crippen molar-refractivity contribution in [3.05, 3.63) is 59.7 Å². The summed E-state index contributed by atoms with van der Waals surface area (Å²) in [7, 11) is 0. The molecule has 1 unspecified atom stereocenters. The molecule has 0 aromatic heterocycles. The van der Waals surface area contributed by atoms with Crippen LogP contribution in [0.5, 0.6) is 11.5 Å². The van der Waals surface area contributed by atoms with Gasteiger partial charge in [-0.3, -0.25) is 9.59 Å².